The molecule has 0 saturated carbocycles. The zero-order valence-electron chi connectivity index (χ0n) is 88.6. The third-order valence-corrected chi connectivity index (χ3v) is 27.8. The van der Waals surface area contributed by atoms with Gasteiger partial charge < -0.3 is 103 Å². The molecule has 0 aliphatic rings. The molecule has 5 aromatic carbocycles. The van der Waals surface area contributed by atoms with Crippen molar-refractivity contribution in [3.05, 3.63) is 258 Å². The van der Waals surface area contributed by atoms with Gasteiger partial charge in [0.2, 0.25) is 11.6 Å². The number of halogens is 4. The van der Waals surface area contributed by atoms with Crippen molar-refractivity contribution in [2.75, 3.05) is 60.9 Å². The second-order valence-corrected chi connectivity index (χ2v) is 61.1. The molecule has 0 aliphatic heterocycles. The number of unbranched alkanes of at least 4 members (excludes halogenated alkanes) is 1. The molecule has 0 bridgehead atoms. The van der Waals surface area contributed by atoms with Crippen LogP contribution in [0.3, 0.4) is 0 Å². The van der Waals surface area contributed by atoms with Crippen molar-refractivity contribution in [3.63, 3.8) is 0 Å². The summed E-state index contributed by atoms with van der Waals surface area (Å²) in [6, 6.07) is 43.6. The Hall–Kier alpha value is -8.83. The number of imidazole rings is 4. The summed E-state index contributed by atoms with van der Waals surface area (Å²) >= 11 is 18.3. The summed E-state index contributed by atoms with van der Waals surface area (Å²) in [4.78, 5) is 127. The quantitative estimate of drug-likeness (QED) is 0.00329. The molecule has 9 heterocycles. The number of methoxy groups -OCH3 is 4. The Morgan fingerprint density at radius 3 is 1.23 bits per heavy atom. The van der Waals surface area contributed by atoms with Crippen LogP contribution < -0.4 is 83.2 Å². The number of alkyl halides is 4. The number of hydrogen-bond donors (Lipinski definition) is 3. The number of fused-ring (bicyclic) bond motifs is 5. The van der Waals surface area contributed by atoms with Gasteiger partial charge in [0.05, 0.1) is 87.2 Å². The number of ketones is 2. The van der Waals surface area contributed by atoms with E-state index < -0.39 is 75.4 Å². The van der Waals surface area contributed by atoms with Crippen LogP contribution in [0.2, 0.25) is 103 Å². The topological polar surface area (TPSA) is 432 Å². The van der Waals surface area contributed by atoms with Crippen LogP contribution in [0.25, 0.3) is 54.5 Å². The summed E-state index contributed by atoms with van der Waals surface area (Å²) in [5, 5.41) is 24.0. The number of carbonyl (C=O) groups excluding carboxylic acids is 9. The first-order valence-electron chi connectivity index (χ1n) is 44.9. The van der Waals surface area contributed by atoms with Gasteiger partial charge in [0.15, 0.2) is 28.5 Å². The van der Waals surface area contributed by atoms with Gasteiger partial charge in [-0.05, 0) is 54.5 Å². The van der Waals surface area contributed by atoms with E-state index in [1.807, 2.05) is 147 Å². The number of aromatic nitrogens is 13. The number of para-hydroxylation sites is 5. The molecule has 35 nitrogen and oxygen atoms in total. The summed E-state index contributed by atoms with van der Waals surface area (Å²) in [5.74, 6) is -1.64. The molecule has 14 rings (SSSR count). The molecule has 14 aromatic rings. The van der Waals surface area contributed by atoms with E-state index in [4.69, 9.17) is 92.5 Å². The molecule has 0 radical (unpaired) electrons. The van der Waals surface area contributed by atoms with Crippen molar-refractivity contribution in [2.24, 2.45) is 28.2 Å². The van der Waals surface area contributed by atoms with Gasteiger partial charge >= 0.3 is 124 Å². The van der Waals surface area contributed by atoms with E-state index in [1.165, 1.54) is 74.8 Å². The fourth-order valence-corrected chi connectivity index (χ4v) is 16.1. The third-order valence-electron chi connectivity index (χ3n) is 20.9. The standard InChI is InChI=1S/C21H29N3O4Si.C21H27N3O4Si.C15H13N3O3.C15H21NO2Si.C9H7NO.C6H15ClOSi.C6H8N2O2.C4H9.CHCl3.CH2O3.Li.Mn.2Na.2O.H/c2*1-23-18(21(26)27-2)12-22-20(23)19(25)16-13-24(14-28-10-11-29(3,4)5)17-9-7-6-8-15(16)17;1-18-12(15(20)21-2)8-17-14(18)13(19)10-7-16-11-6-4-3-5-9(10)11;1-19(2,3)9-8-18-12-16-10-13(11-17)14-6-4-5-7-15(14)16;11-6-7-5-10-9-4-2-1-3-8(7)9;1-9(2,3)5-4-8-6-7;1-8-4-7-3-5(8)6(9)10-2;1-3-4-2;2-1(3)4;2-1-4-3;;;;;;;/h6-9,12-13,19,25H,10-11,14H2,1-5H3;6-9,12-13H,10-11,14H2,1-5H3;3-8,16H,1-2H3;4-7,10-11H,8-9,12H2,1-3H3;1-6,10H;4-6H2,1-3H3;3-4H,1-2H3;1,3-4H2,2H3;1H;1,3H;;;;;;;/q;;;;;;;-1;;;+1;;2*+1;;;-1/p-1. The number of esters is 4. The molecule has 0 amide bonds. The fourth-order valence-electron chi connectivity index (χ4n) is 13.0. The number of nitrogens with zero attached hydrogens (tertiary/aromatic N) is 11. The average Bonchev–Trinajstić information content (AvgIpc) is 1.63. The second-order valence-electron chi connectivity index (χ2n) is 36.2. The van der Waals surface area contributed by atoms with E-state index in [0.29, 0.717) is 61.2 Å². The van der Waals surface area contributed by atoms with E-state index in [1.54, 1.807) is 62.2 Å². The summed E-state index contributed by atoms with van der Waals surface area (Å²) in [5.41, 5.74) is 9.29. The number of nitrogens with one attached hydrogen (secondary N) is 2. The molecule has 9 aromatic heterocycles. The number of hydrogen-bond acceptors (Lipinski definition) is 26. The van der Waals surface area contributed by atoms with Crippen LogP contribution in [0, 0.1) is 6.92 Å². The molecule has 1 unspecified atom stereocenters. The van der Waals surface area contributed by atoms with Crippen LogP contribution in [0.15, 0.2) is 183 Å². The molecule has 0 saturated heterocycles. The van der Waals surface area contributed by atoms with Crippen LogP contribution in [0.1, 0.15) is 134 Å². The number of ether oxygens (including phenoxy) is 8. The first-order chi connectivity index (χ1) is 67.8. The molecule has 0 aliphatic carbocycles. The van der Waals surface area contributed by atoms with E-state index in [2.05, 4.69) is 137 Å². The van der Waals surface area contributed by atoms with Crippen molar-refractivity contribution >= 4 is 188 Å². The Bertz CT molecular complexity index is 6420. The summed E-state index contributed by atoms with van der Waals surface area (Å²) in [6.07, 6.45) is 19.1. The monoisotopic (exact) mass is 2210 g/mol. The molecule has 779 valence electrons. The van der Waals surface area contributed by atoms with Crippen molar-refractivity contribution in [2.45, 2.75) is 153 Å². The number of aliphatic hydroxyl groups excluding tert-OH is 1. The number of carbonyl (C=O) groups is 9. The minimum absolute atomic E-state index is 0. The van der Waals surface area contributed by atoms with E-state index >= 15 is 0 Å². The first kappa shape index (κ1) is 135. The van der Waals surface area contributed by atoms with Crippen LogP contribution >= 0.6 is 46.4 Å². The molecular formula is C99H132Cl4LiMnN13Na2O22Si4. The Morgan fingerprint density at radius 2 is 0.829 bits per heavy atom. The van der Waals surface area contributed by atoms with Gasteiger partial charge in [-0.1, -0.05) is 229 Å². The predicted molar refractivity (Wildman–Crippen MR) is 561 cm³/mol. The Balaban J connectivity index is 0.00000169. The van der Waals surface area contributed by atoms with Gasteiger partial charge in [-0.25, -0.2) is 39.1 Å². The summed E-state index contributed by atoms with van der Waals surface area (Å²) < 4.78 is 69.3. The van der Waals surface area contributed by atoms with Gasteiger partial charge in [0.25, 0.3) is 6.47 Å². The Labute approximate surface area is 939 Å². The zero-order valence-corrected chi connectivity index (χ0v) is 99.8. The molecule has 3 N–H and O–H groups in total. The van der Waals surface area contributed by atoms with E-state index in [-0.39, 0.29) is 126 Å². The average molecular weight is 2220 g/mol. The normalized spacial score (nSPS) is 10.9. The maximum atomic E-state index is 13.2. The predicted octanol–water partition coefficient (Wildman–Crippen LogP) is 10.6. The Morgan fingerprint density at radius 1 is 0.486 bits per heavy atom. The van der Waals surface area contributed by atoms with Crippen LogP contribution in [0.4, 0.5) is 0 Å². The number of H-pyrrole nitrogens is 2. The molecular weight excluding hydrogens is 2090 g/mol. The van der Waals surface area contributed by atoms with Crippen molar-refractivity contribution < 1.29 is 198 Å². The van der Waals surface area contributed by atoms with Crippen LogP contribution in [-0.4, -0.2) is 219 Å². The summed E-state index contributed by atoms with van der Waals surface area (Å²) in [7, 11) is 7.69. The minimum atomic E-state index is -1.44. The second kappa shape index (κ2) is 69.5. The van der Waals surface area contributed by atoms with E-state index in [0.717, 1.165) is 128 Å². The number of aryl methyl sites for hydroxylation is 1. The van der Waals surface area contributed by atoms with Crippen molar-refractivity contribution in [1.82, 2.24) is 61.9 Å². The number of rotatable bonds is 33. The molecule has 0 spiro atoms. The van der Waals surface area contributed by atoms with Crippen LogP contribution in [0.5, 0.6) is 0 Å². The molecule has 0 fully saturated rings. The van der Waals surface area contributed by atoms with Gasteiger partial charge in [0, 0.05) is 173 Å². The SMILES string of the molecule is COC(=O)c1cnc(C(=O)c2c[nH]c3ccccc23)n1C.COC(=O)c1cnc(C(=O)c2cn(COCC[Si](C)(C)C)c3ccccc23)n1C.COC(=O)c1cnc(C(O)c2cn(COCC[Si](C)(C)C)c3ccccc23)n1C.COC(=O)c1cncn1C.C[Si](C)(C)CCOCCl.C[Si](C)(C)CCOCn1cc(C=O)c2ccccc21.ClC(Cl)Cl.O=CO[O-].O=Cc1c[nH]c2ccccc12.[CH2-]CCC.[H-].[Li+].[Na+].[Na+].[O]=[Mn]=[O]. The fraction of sp³-hybridized carbons (Fsp3) is 0.374. The van der Waals surface area contributed by atoms with Crippen molar-refractivity contribution in [3.8, 4) is 0 Å². The van der Waals surface area contributed by atoms with Gasteiger partial charge in [0.1, 0.15) is 61.0 Å². The number of aromatic amines is 2. The summed E-state index contributed by atoms with van der Waals surface area (Å²) in [6.45, 7) is 37.8. The molecule has 47 heteroatoms. The molecule has 1 atom stereocenters. The number of aliphatic hydroxyl groups is 1. The van der Waals surface area contributed by atoms with Gasteiger partial charge in [-0.15, -0.1) is 0 Å². The van der Waals surface area contributed by atoms with Crippen molar-refractivity contribution in [1.29, 1.82) is 0 Å². The zero-order chi connectivity index (χ0) is 107. The molecule has 146 heavy (non-hydrogen) atoms. The number of aldehydes is 2. The Kier molecular flexibility index (Phi) is 64.4. The maximum absolute atomic E-state index is 13.2. The van der Waals surface area contributed by atoms with Crippen LogP contribution in [-0.2, 0) is 118 Å². The first-order valence-corrected chi connectivity index (χ1v) is 62.5. The van der Waals surface area contributed by atoms with Gasteiger partial charge in [-0.3, -0.25) is 24.0 Å². The van der Waals surface area contributed by atoms with E-state index in [9.17, 15) is 43.5 Å². The van der Waals surface area contributed by atoms with Gasteiger partial charge in [-0.2, -0.15) is 6.42 Å². The number of benzene rings is 5. The third kappa shape index (κ3) is 44.8.